The van der Waals surface area contributed by atoms with Gasteiger partial charge >= 0.3 is 6.18 Å². The summed E-state index contributed by atoms with van der Waals surface area (Å²) in [7, 11) is 0. The number of carbonyl (C=O) groups excluding carboxylic acids is 1. The second-order valence-electron chi connectivity index (χ2n) is 3.68. The third-order valence-corrected chi connectivity index (χ3v) is 2.07. The van der Waals surface area contributed by atoms with Crippen LogP contribution in [0.25, 0.3) is 0 Å². The smallest absolute Gasteiger partial charge is 0.355 e. The highest BCUT2D eigenvalue weighted by molar-refractivity contribution is 5.77. The fourth-order valence-corrected chi connectivity index (χ4v) is 1.27. The van der Waals surface area contributed by atoms with Gasteiger partial charge in [0.1, 0.15) is 0 Å². The van der Waals surface area contributed by atoms with E-state index in [1.165, 1.54) is 0 Å². The summed E-state index contributed by atoms with van der Waals surface area (Å²) < 4.78 is 35.3. The van der Waals surface area contributed by atoms with Crippen molar-refractivity contribution in [3.8, 4) is 0 Å². The Morgan fingerprint density at radius 3 is 2.78 bits per heavy atom. The summed E-state index contributed by atoms with van der Waals surface area (Å²) in [4.78, 5) is 15.1. The fraction of sp³-hybridized carbons (Fsp3) is 0.455. The van der Waals surface area contributed by atoms with E-state index in [9.17, 15) is 18.0 Å². The molecule has 0 spiro atoms. The van der Waals surface area contributed by atoms with Gasteiger partial charge in [0.2, 0.25) is 5.91 Å². The lowest BCUT2D eigenvalue weighted by Crippen LogP contribution is -2.38. The number of aromatic nitrogens is 1. The van der Waals surface area contributed by atoms with Gasteiger partial charge in [0, 0.05) is 18.9 Å². The lowest BCUT2D eigenvalue weighted by Gasteiger charge is -2.08. The average molecular weight is 261 g/mol. The molecule has 4 nitrogen and oxygen atoms in total. The monoisotopic (exact) mass is 261 g/mol. The zero-order valence-electron chi connectivity index (χ0n) is 9.63. The minimum atomic E-state index is -4.30. The molecule has 0 aliphatic rings. The van der Waals surface area contributed by atoms with E-state index in [4.69, 9.17) is 0 Å². The van der Waals surface area contributed by atoms with Crippen LogP contribution in [0.3, 0.4) is 0 Å². The van der Waals surface area contributed by atoms with Crippen LogP contribution in [0.4, 0.5) is 13.2 Å². The van der Waals surface area contributed by atoms with Crippen LogP contribution in [-0.2, 0) is 11.2 Å². The number of carbonyl (C=O) groups is 1. The summed E-state index contributed by atoms with van der Waals surface area (Å²) in [5.41, 5.74) is 0.959. The van der Waals surface area contributed by atoms with E-state index in [-0.39, 0.29) is 6.54 Å². The SMILES string of the molecule is O=C(CNCC(F)(F)F)NCCc1cccnc1. The highest BCUT2D eigenvalue weighted by Gasteiger charge is 2.26. The van der Waals surface area contributed by atoms with Gasteiger partial charge in [0.15, 0.2) is 0 Å². The fourth-order valence-electron chi connectivity index (χ4n) is 1.27. The van der Waals surface area contributed by atoms with Gasteiger partial charge in [-0.3, -0.25) is 9.78 Å². The molecule has 1 rings (SSSR count). The molecule has 1 aromatic rings. The second kappa shape index (κ2) is 6.95. The van der Waals surface area contributed by atoms with Crippen LogP contribution in [0, 0.1) is 0 Å². The quantitative estimate of drug-likeness (QED) is 0.799. The maximum atomic E-state index is 11.8. The Bertz CT molecular complexity index is 368. The number of rotatable bonds is 6. The number of alkyl halides is 3. The van der Waals surface area contributed by atoms with Crippen molar-refractivity contribution in [2.45, 2.75) is 12.6 Å². The summed E-state index contributed by atoms with van der Waals surface area (Å²) >= 11 is 0. The number of hydrogen-bond donors (Lipinski definition) is 2. The Balaban J connectivity index is 2.11. The minimum absolute atomic E-state index is 0.341. The highest BCUT2D eigenvalue weighted by Crippen LogP contribution is 2.11. The number of hydrogen-bond acceptors (Lipinski definition) is 3. The van der Waals surface area contributed by atoms with Crippen LogP contribution >= 0.6 is 0 Å². The summed E-state index contributed by atoms with van der Waals surface area (Å²) in [6, 6.07) is 3.64. The van der Waals surface area contributed by atoms with Crippen LogP contribution in [0.15, 0.2) is 24.5 Å². The molecule has 2 N–H and O–H groups in total. The molecule has 1 heterocycles. The predicted molar refractivity (Wildman–Crippen MR) is 59.9 cm³/mol. The molecule has 0 atom stereocenters. The molecule has 100 valence electrons. The van der Waals surface area contributed by atoms with E-state index >= 15 is 0 Å². The van der Waals surface area contributed by atoms with Crippen molar-refractivity contribution in [3.05, 3.63) is 30.1 Å². The van der Waals surface area contributed by atoms with Crippen molar-refractivity contribution in [1.82, 2.24) is 15.6 Å². The topological polar surface area (TPSA) is 54.0 Å². The zero-order chi connectivity index (χ0) is 13.4. The minimum Gasteiger partial charge on any atom is -0.355 e. The third-order valence-electron chi connectivity index (χ3n) is 2.07. The number of nitrogens with one attached hydrogen (secondary N) is 2. The maximum absolute atomic E-state index is 11.8. The summed E-state index contributed by atoms with van der Waals surface area (Å²) in [5, 5.41) is 4.55. The first-order chi connectivity index (χ1) is 8.47. The van der Waals surface area contributed by atoms with E-state index in [1.54, 1.807) is 18.5 Å². The van der Waals surface area contributed by atoms with E-state index in [2.05, 4.69) is 10.3 Å². The van der Waals surface area contributed by atoms with Crippen molar-refractivity contribution in [3.63, 3.8) is 0 Å². The zero-order valence-corrected chi connectivity index (χ0v) is 9.63. The normalized spacial score (nSPS) is 11.3. The van der Waals surface area contributed by atoms with Crippen LogP contribution in [0.5, 0.6) is 0 Å². The Hall–Kier alpha value is -1.63. The van der Waals surface area contributed by atoms with Gasteiger partial charge in [-0.1, -0.05) is 6.07 Å². The molecule has 1 amide bonds. The van der Waals surface area contributed by atoms with E-state index < -0.39 is 18.6 Å². The molecule has 18 heavy (non-hydrogen) atoms. The van der Waals surface area contributed by atoms with Gasteiger partial charge in [-0.2, -0.15) is 13.2 Å². The highest BCUT2D eigenvalue weighted by atomic mass is 19.4. The van der Waals surface area contributed by atoms with Gasteiger partial charge < -0.3 is 10.6 Å². The largest absolute Gasteiger partial charge is 0.401 e. The Morgan fingerprint density at radius 2 is 2.17 bits per heavy atom. The Labute approximate surface area is 103 Å². The van der Waals surface area contributed by atoms with E-state index in [1.807, 2.05) is 11.4 Å². The van der Waals surface area contributed by atoms with Crippen molar-refractivity contribution in [1.29, 1.82) is 0 Å². The molecule has 7 heteroatoms. The van der Waals surface area contributed by atoms with Crippen molar-refractivity contribution < 1.29 is 18.0 Å². The predicted octanol–water partition coefficient (Wildman–Crippen LogP) is 0.892. The molecular formula is C11H14F3N3O. The third kappa shape index (κ3) is 6.85. The van der Waals surface area contributed by atoms with Crippen molar-refractivity contribution >= 4 is 5.91 Å². The summed E-state index contributed by atoms with van der Waals surface area (Å²) in [6.45, 7) is -1.13. The number of halogens is 3. The summed E-state index contributed by atoms with van der Waals surface area (Å²) in [6.07, 6.45) is -0.383. The summed E-state index contributed by atoms with van der Waals surface area (Å²) in [5.74, 6) is -0.455. The maximum Gasteiger partial charge on any atom is 0.401 e. The Kier molecular flexibility index (Phi) is 5.57. The number of nitrogens with zero attached hydrogens (tertiary/aromatic N) is 1. The number of pyridine rings is 1. The van der Waals surface area contributed by atoms with Gasteiger partial charge in [-0.25, -0.2) is 0 Å². The van der Waals surface area contributed by atoms with E-state index in [0.29, 0.717) is 13.0 Å². The van der Waals surface area contributed by atoms with Crippen LogP contribution in [0.2, 0.25) is 0 Å². The van der Waals surface area contributed by atoms with Gasteiger partial charge in [-0.05, 0) is 18.1 Å². The standard InChI is InChI=1S/C11H14F3N3O/c12-11(13,14)8-16-7-10(18)17-5-3-9-2-1-4-15-6-9/h1-2,4,6,16H,3,5,7-8H2,(H,17,18). The molecule has 0 saturated heterocycles. The lowest BCUT2D eigenvalue weighted by molar-refractivity contribution is -0.128. The second-order valence-corrected chi connectivity index (χ2v) is 3.68. The molecule has 0 radical (unpaired) electrons. The first kappa shape index (κ1) is 14.4. The molecule has 0 aromatic carbocycles. The molecule has 0 fully saturated rings. The first-order valence-corrected chi connectivity index (χ1v) is 5.40. The van der Waals surface area contributed by atoms with Crippen LogP contribution < -0.4 is 10.6 Å². The van der Waals surface area contributed by atoms with Gasteiger partial charge in [0.25, 0.3) is 0 Å². The van der Waals surface area contributed by atoms with Crippen molar-refractivity contribution in [2.24, 2.45) is 0 Å². The van der Waals surface area contributed by atoms with Gasteiger partial charge in [-0.15, -0.1) is 0 Å². The molecule has 0 saturated carbocycles. The first-order valence-electron chi connectivity index (χ1n) is 5.40. The molecular weight excluding hydrogens is 247 g/mol. The number of amides is 1. The molecule has 0 unspecified atom stereocenters. The van der Waals surface area contributed by atoms with Crippen LogP contribution in [-0.4, -0.2) is 36.7 Å². The molecule has 1 aromatic heterocycles. The van der Waals surface area contributed by atoms with Crippen molar-refractivity contribution in [2.75, 3.05) is 19.6 Å². The van der Waals surface area contributed by atoms with E-state index in [0.717, 1.165) is 5.56 Å². The molecule has 0 bridgehead atoms. The molecule has 0 aliphatic carbocycles. The molecule has 0 aliphatic heterocycles. The van der Waals surface area contributed by atoms with Crippen LogP contribution in [0.1, 0.15) is 5.56 Å². The lowest BCUT2D eigenvalue weighted by atomic mass is 10.2. The van der Waals surface area contributed by atoms with Gasteiger partial charge in [0.05, 0.1) is 13.1 Å². The average Bonchev–Trinajstić information content (AvgIpc) is 2.28. The Morgan fingerprint density at radius 1 is 1.39 bits per heavy atom.